The number of amides is 2. The first-order chi connectivity index (χ1) is 16.3. The molecule has 0 saturated carbocycles. The number of hydrogen-bond acceptors (Lipinski definition) is 8. The molecule has 1 atom stereocenters. The monoisotopic (exact) mass is 495 g/mol. The molecular formula is C22H29N3O8S. The summed E-state index contributed by atoms with van der Waals surface area (Å²) in [4.78, 5) is 40.7. The number of piperidine rings is 1. The Morgan fingerprint density at radius 2 is 1.94 bits per heavy atom. The average molecular weight is 496 g/mol. The summed E-state index contributed by atoms with van der Waals surface area (Å²) < 4.78 is 43.3. The van der Waals surface area contributed by atoms with Gasteiger partial charge in [-0.25, -0.2) is 8.42 Å². The van der Waals surface area contributed by atoms with Gasteiger partial charge in [0.15, 0.2) is 6.61 Å². The molecule has 3 aliphatic rings. The Morgan fingerprint density at radius 1 is 1.18 bits per heavy atom. The SMILES string of the molecule is CCOC(=O)[C@H]1CCCN(C(=O)CN2C(=O)COc3ccc(S(=O)(=O)N4CCOCC4)cc32)C1. The largest absolute Gasteiger partial charge is 0.482 e. The Hall–Kier alpha value is -2.70. The van der Waals surface area contributed by atoms with Crippen molar-refractivity contribution in [2.75, 3.05) is 64.1 Å². The highest BCUT2D eigenvalue weighted by Crippen LogP contribution is 2.35. The number of carbonyl (C=O) groups excluding carboxylic acids is 3. The normalized spacial score (nSPS) is 21.6. The number of esters is 1. The fourth-order valence-corrected chi connectivity index (χ4v) is 5.77. The van der Waals surface area contributed by atoms with Crippen molar-refractivity contribution in [3.8, 4) is 5.75 Å². The summed E-state index contributed by atoms with van der Waals surface area (Å²) in [5.41, 5.74) is 0.234. The highest BCUT2D eigenvalue weighted by Gasteiger charge is 2.34. The third-order valence-corrected chi connectivity index (χ3v) is 8.06. The summed E-state index contributed by atoms with van der Waals surface area (Å²) in [7, 11) is -3.79. The number of morpholine rings is 1. The van der Waals surface area contributed by atoms with Crippen molar-refractivity contribution in [1.29, 1.82) is 0 Å². The van der Waals surface area contributed by atoms with E-state index < -0.39 is 21.8 Å². The van der Waals surface area contributed by atoms with Gasteiger partial charge in [0.2, 0.25) is 15.9 Å². The number of fused-ring (bicyclic) bond motifs is 1. The zero-order chi connectivity index (χ0) is 24.3. The van der Waals surface area contributed by atoms with Gasteiger partial charge >= 0.3 is 5.97 Å². The molecule has 1 aromatic rings. The van der Waals surface area contributed by atoms with Crippen LogP contribution in [0.4, 0.5) is 5.69 Å². The maximum atomic E-state index is 13.1. The van der Waals surface area contributed by atoms with Crippen LogP contribution < -0.4 is 9.64 Å². The minimum absolute atomic E-state index is 0.0178. The lowest BCUT2D eigenvalue weighted by Gasteiger charge is -2.35. The molecule has 0 bridgehead atoms. The average Bonchev–Trinajstić information content (AvgIpc) is 2.86. The van der Waals surface area contributed by atoms with Gasteiger partial charge in [0.05, 0.1) is 36.3 Å². The Balaban J connectivity index is 1.53. The second kappa shape index (κ2) is 10.3. The van der Waals surface area contributed by atoms with E-state index in [4.69, 9.17) is 14.2 Å². The zero-order valence-electron chi connectivity index (χ0n) is 19.1. The number of hydrogen-bond donors (Lipinski definition) is 0. The molecule has 0 unspecified atom stereocenters. The number of benzene rings is 1. The summed E-state index contributed by atoms with van der Waals surface area (Å²) in [5.74, 6) is -1.16. The van der Waals surface area contributed by atoms with Crippen LogP contribution in [0.3, 0.4) is 0 Å². The highest BCUT2D eigenvalue weighted by atomic mass is 32.2. The van der Waals surface area contributed by atoms with Gasteiger partial charge < -0.3 is 19.1 Å². The van der Waals surface area contributed by atoms with Crippen LogP contribution in [0.25, 0.3) is 0 Å². The molecule has 0 N–H and O–H groups in total. The fraction of sp³-hybridized carbons (Fsp3) is 0.591. The molecule has 4 rings (SSSR count). The van der Waals surface area contributed by atoms with E-state index >= 15 is 0 Å². The molecule has 34 heavy (non-hydrogen) atoms. The Bertz CT molecular complexity index is 1050. The molecule has 2 amide bonds. The van der Waals surface area contributed by atoms with Crippen molar-refractivity contribution >= 4 is 33.5 Å². The van der Waals surface area contributed by atoms with E-state index in [0.717, 1.165) is 0 Å². The predicted octanol–water partition coefficient (Wildman–Crippen LogP) is 0.235. The van der Waals surface area contributed by atoms with E-state index in [-0.39, 0.29) is 61.9 Å². The summed E-state index contributed by atoms with van der Waals surface area (Å²) in [5, 5.41) is 0. The summed E-state index contributed by atoms with van der Waals surface area (Å²) >= 11 is 0. The van der Waals surface area contributed by atoms with E-state index in [9.17, 15) is 22.8 Å². The molecule has 2 saturated heterocycles. The lowest BCUT2D eigenvalue weighted by Crippen LogP contribution is -2.50. The lowest BCUT2D eigenvalue weighted by molar-refractivity contribution is -0.151. The first-order valence-electron chi connectivity index (χ1n) is 11.4. The Morgan fingerprint density at radius 3 is 2.68 bits per heavy atom. The van der Waals surface area contributed by atoms with E-state index in [1.165, 1.54) is 27.4 Å². The minimum atomic E-state index is -3.79. The van der Waals surface area contributed by atoms with E-state index in [0.29, 0.717) is 38.3 Å². The molecule has 0 aromatic heterocycles. The van der Waals surface area contributed by atoms with E-state index in [1.807, 2.05) is 0 Å². The molecule has 2 fully saturated rings. The quantitative estimate of drug-likeness (QED) is 0.514. The number of ether oxygens (including phenoxy) is 3. The maximum absolute atomic E-state index is 13.1. The van der Waals surface area contributed by atoms with Crippen molar-refractivity contribution in [2.45, 2.75) is 24.7 Å². The maximum Gasteiger partial charge on any atom is 0.310 e. The van der Waals surface area contributed by atoms with Gasteiger partial charge in [-0.2, -0.15) is 4.31 Å². The number of rotatable bonds is 6. The van der Waals surface area contributed by atoms with Crippen molar-refractivity contribution < 1.29 is 37.0 Å². The molecule has 11 nitrogen and oxygen atoms in total. The van der Waals surface area contributed by atoms with Gasteiger partial charge in [0, 0.05) is 26.2 Å². The molecule has 3 heterocycles. The second-order valence-electron chi connectivity index (χ2n) is 8.35. The van der Waals surface area contributed by atoms with Crippen LogP contribution in [0.2, 0.25) is 0 Å². The molecule has 0 spiro atoms. The van der Waals surface area contributed by atoms with Crippen molar-refractivity contribution in [1.82, 2.24) is 9.21 Å². The van der Waals surface area contributed by atoms with Crippen LogP contribution in [0.1, 0.15) is 19.8 Å². The standard InChI is InChI=1S/C22H29N3O8S/c1-2-32-22(28)16-4-3-7-23(13-16)20(26)14-25-18-12-17(5-6-19(18)33-15-21(25)27)34(29,30)24-8-10-31-11-9-24/h5-6,12,16H,2-4,7-11,13-15H2,1H3/t16-/m0/s1. The van der Waals surface area contributed by atoms with Crippen LogP contribution in [0.15, 0.2) is 23.1 Å². The highest BCUT2D eigenvalue weighted by molar-refractivity contribution is 7.89. The van der Waals surface area contributed by atoms with Gasteiger partial charge in [-0.05, 0) is 38.0 Å². The van der Waals surface area contributed by atoms with Crippen LogP contribution in [0.5, 0.6) is 5.75 Å². The van der Waals surface area contributed by atoms with Crippen molar-refractivity contribution in [3.63, 3.8) is 0 Å². The molecule has 3 aliphatic heterocycles. The van der Waals surface area contributed by atoms with Gasteiger partial charge in [-0.15, -0.1) is 0 Å². The van der Waals surface area contributed by atoms with Gasteiger partial charge in [0.25, 0.3) is 5.91 Å². The molecule has 1 aromatic carbocycles. The Kier molecular flexibility index (Phi) is 7.39. The first kappa shape index (κ1) is 24.4. The number of nitrogens with zero attached hydrogens (tertiary/aromatic N) is 3. The van der Waals surface area contributed by atoms with Crippen LogP contribution in [0, 0.1) is 5.92 Å². The van der Waals surface area contributed by atoms with Crippen molar-refractivity contribution in [2.24, 2.45) is 5.92 Å². The number of likely N-dealkylation sites (tertiary alicyclic amines) is 1. The number of carbonyl (C=O) groups is 3. The summed E-state index contributed by atoms with van der Waals surface area (Å²) in [6.07, 6.45) is 1.30. The molecule has 0 aliphatic carbocycles. The van der Waals surface area contributed by atoms with E-state index in [2.05, 4.69) is 0 Å². The molecule has 186 valence electrons. The van der Waals surface area contributed by atoms with Crippen molar-refractivity contribution in [3.05, 3.63) is 18.2 Å². The lowest BCUT2D eigenvalue weighted by atomic mass is 9.98. The smallest absolute Gasteiger partial charge is 0.310 e. The molecular weight excluding hydrogens is 466 g/mol. The van der Waals surface area contributed by atoms with Crippen LogP contribution >= 0.6 is 0 Å². The third-order valence-electron chi connectivity index (χ3n) is 6.17. The number of sulfonamides is 1. The second-order valence-corrected chi connectivity index (χ2v) is 10.3. The summed E-state index contributed by atoms with van der Waals surface area (Å²) in [6, 6.07) is 4.32. The fourth-order valence-electron chi connectivity index (χ4n) is 4.34. The van der Waals surface area contributed by atoms with Crippen LogP contribution in [-0.2, 0) is 33.9 Å². The zero-order valence-corrected chi connectivity index (χ0v) is 19.9. The molecule has 0 radical (unpaired) electrons. The Labute approximate surface area is 198 Å². The van der Waals surface area contributed by atoms with E-state index in [1.54, 1.807) is 11.8 Å². The predicted molar refractivity (Wildman–Crippen MR) is 120 cm³/mol. The topological polar surface area (TPSA) is 123 Å². The van der Waals surface area contributed by atoms with Gasteiger partial charge in [-0.3, -0.25) is 19.3 Å². The van der Waals surface area contributed by atoms with Gasteiger partial charge in [-0.1, -0.05) is 0 Å². The molecule has 12 heteroatoms. The third kappa shape index (κ3) is 5.03. The summed E-state index contributed by atoms with van der Waals surface area (Å²) in [6.45, 7) is 3.31. The van der Waals surface area contributed by atoms with Crippen LogP contribution in [-0.4, -0.2) is 94.6 Å². The first-order valence-corrected chi connectivity index (χ1v) is 12.8. The minimum Gasteiger partial charge on any atom is -0.482 e. The number of anilines is 1. The van der Waals surface area contributed by atoms with Gasteiger partial charge in [0.1, 0.15) is 12.3 Å².